The van der Waals surface area contributed by atoms with Gasteiger partial charge in [0.15, 0.2) is 5.37 Å². The second kappa shape index (κ2) is 8.75. The lowest BCUT2D eigenvalue weighted by Crippen LogP contribution is -2.29. The Hall–Kier alpha value is -3.98. The molecule has 0 N–H and O–H groups in total. The van der Waals surface area contributed by atoms with Crippen molar-refractivity contribution >= 4 is 33.2 Å². The van der Waals surface area contributed by atoms with Crippen LogP contribution >= 0.6 is 0 Å². The van der Waals surface area contributed by atoms with Crippen molar-refractivity contribution in [3.05, 3.63) is 104 Å². The number of hydrogen-bond donors (Lipinski definition) is 0. The van der Waals surface area contributed by atoms with Crippen molar-refractivity contribution in [3.8, 4) is 5.75 Å². The third kappa shape index (κ3) is 4.06. The summed E-state index contributed by atoms with van der Waals surface area (Å²) in [5, 5.41) is 9.90. The first-order chi connectivity index (χ1) is 16.1. The molecule has 1 aliphatic rings. The summed E-state index contributed by atoms with van der Waals surface area (Å²) >= 11 is 0. The van der Waals surface area contributed by atoms with Gasteiger partial charge in [0.05, 0.1) is 12.0 Å². The van der Waals surface area contributed by atoms with Gasteiger partial charge < -0.3 is 4.74 Å². The summed E-state index contributed by atoms with van der Waals surface area (Å²) in [4.78, 5) is 25.2. The molecule has 34 heavy (non-hydrogen) atoms. The van der Waals surface area contributed by atoms with E-state index in [-0.39, 0.29) is 11.3 Å². The third-order valence-corrected chi connectivity index (χ3v) is 7.52. The van der Waals surface area contributed by atoms with E-state index in [4.69, 9.17) is 4.74 Å². The van der Waals surface area contributed by atoms with Crippen LogP contribution in [0.5, 0.6) is 5.75 Å². The van der Waals surface area contributed by atoms with Gasteiger partial charge in [-0.2, -0.15) is 0 Å². The van der Waals surface area contributed by atoms with Gasteiger partial charge in [-0.1, -0.05) is 36.4 Å². The number of ether oxygens (including phenoxy) is 1. The number of nitro groups is 1. The molecule has 3 aromatic carbocycles. The highest BCUT2D eigenvalue weighted by molar-refractivity contribution is 7.97. The van der Waals surface area contributed by atoms with E-state index in [1.807, 2.05) is 19.9 Å². The van der Waals surface area contributed by atoms with Crippen LogP contribution in [0.3, 0.4) is 0 Å². The number of hydrogen-bond acceptors (Lipinski definition) is 6. The number of amides is 1. The number of para-hydroxylation sites is 1. The number of non-ortho nitro benzene ring substituents is 1. The van der Waals surface area contributed by atoms with Crippen molar-refractivity contribution in [2.24, 2.45) is 0 Å². The van der Waals surface area contributed by atoms with Crippen LogP contribution in [0.1, 0.15) is 27.6 Å². The van der Waals surface area contributed by atoms with Crippen LogP contribution in [0.15, 0.2) is 71.6 Å². The van der Waals surface area contributed by atoms with Crippen molar-refractivity contribution in [2.75, 3.05) is 12.0 Å². The number of anilines is 1. The van der Waals surface area contributed by atoms with Crippen molar-refractivity contribution in [1.29, 1.82) is 0 Å². The van der Waals surface area contributed by atoms with Crippen molar-refractivity contribution < 1.29 is 22.9 Å². The zero-order valence-electron chi connectivity index (χ0n) is 18.8. The molecule has 1 saturated heterocycles. The molecular weight excluding hydrogens is 456 g/mol. The maximum absolute atomic E-state index is 13.8. The monoisotopic (exact) mass is 478 g/mol. The maximum atomic E-state index is 13.8. The topological polar surface area (TPSA) is 107 Å². The first kappa shape index (κ1) is 23.2. The Balaban J connectivity index is 1.98. The Morgan fingerprint density at radius 1 is 1.00 bits per heavy atom. The molecular formula is C25H22N2O6S. The quantitative estimate of drug-likeness (QED) is 0.298. The molecule has 1 amide bonds. The summed E-state index contributed by atoms with van der Waals surface area (Å²) < 4.78 is 32.9. The van der Waals surface area contributed by atoms with Crippen LogP contribution in [0.25, 0.3) is 6.08 Å². The molecule has 1 atom stereocenters. The Bertz CT molecular complexity index is 1430. The predicted octanol–water partition coefficient (Wildman–Crippen LogP) is 4.72. The number of rotatable bonds is 5. The van der Waals surface area contributed by atoms with Gasteiger partial charge in [0, 0.05) is 23.4 Å². The second-order valence-electron chi connectivity index (χ2n) is 8.02. The highest BCUT2D eigenvalue weighted by Gasteiger charge is 2.50. The minimum Gasteiger partial charge on any atom is -0.496 e. The van der Waals surface area contributed by atoms with Crippen LogP contribution < -0.4 is 9.64 Å². The molecule has 0 saturated carbocycles. The molecule has 0 bridgehead atoms. The van der Waals surface area contributed by atoms with Gasteiger partial charge in [-0.3, -0.25) is 19.8 Å². The number of nitrogens with zero attached hydrogens (tertiary/aromatic N) is 2. The molecule has 8 nitrogen and oxygen atoms in total. The lowest BCUT2D eigenvalue weighted by Gasteiger charge is -2.24. The fourth-order valence-electron chi connectivity index (χ4n) is 4.14. The average Bonchev–Trinajstić information content (AvgIpc) is 2.99. The summed E-state index contributed by atoms with van der Waals surface area (Å²) in [5.41, 5.74) is 2.39. The standard InChI is InChI=1S/C25H22N2O6S/c1-16-11-17(2)13-21(12-16)26-24(28)23(15-18-7-4-5-10-22(18)33-3)34(31,32)25(26)19-8-6-9-20(14-19)27(29)30/h4-15,25H,1-3H3/b23-15-/t25-/m0/s1. The van der Waals surface area contributed by atoms with Gasteiger partial charge in [-0.15, -0.1) is 0 Å². The average molecular weight is 479 g/mol. The highest BCUT2D eigenvalue weighted by atomic mass is 32.2. The molecule has 0 aromatic heterocycles. The Morgan fingerprint density at radius 2 is 1.68 bits per heavy atom. The number of methoxy groups -OCH3 is 1. The van der Waals surface area contributed by atoms with E-state index in [0.717, 1.165) is 11.1 Å². The molecule has 3 aromatic rings. The Morgan fingerprint density at radius 3 is 2.32 bits per heavy atom. The summed E-state index contributed by atoms with van der Waals surface area (Å²) in [5.74, 6) is -0.304. The molecule has 0 spiro atoms. The molecule has 0 radical (unpaired) electrons. The van der Waals surface area contributed by atoms with Crippen molar-refractivity contribution in [2.45, 2.75) is 19.2 Å². The Labute approximate surface area is 197 Å². The number of sulfone groups is 1. The van der Waals surface area contributed by atoms with Gasteiger partial charge >= 0.3 is 0 Å². The largest absolute Gasteiger partial charge is 0.496 e. The van der Waals surface area contributed by atoms with E-state index >= 15 is 0 Å². The lowest BCUT2D eigenvalue weighted by atomic mass is 10.1. The molecule has 9 heteroatoms. The third-order valence-electron chi connectivity index (χ3n) is 5.54. The molecule has 1 fully saturated rings. The SMILES string of the molecule is COc1ccccc1/C=C1/C(=O)N(c2cc(C)cc(C)c2)[C@H](c2cccc([N+](=O)[O-])c2)S1(=O)=O. The maximum Gasteiger partial charge on any atom is 0.271 e. The molecule has 4 rings (SSSR count). The number of carbonyl (C=O) groups is 1. The minimum absolute atomic E-state index is 0.130. The van der Waals surface area contributed by atoms with Crippen LogP contribution in [-0.4, -0.2) is 26.4 Å². The second-order valence-corrected chi connectivity index (χ2v) is 10.00. The molecule has 1 heterocycles. The Kier molecular flexibility index (Phi) is 5.97. The molecule has 1 aliphatic heterocycles. The van der Waals surface area contributed by atoms with E-state index < -0.39 is 30.9 Å². The highest BCUT2D eigenvalue weighted by Crippen LogP contribution is 2.44. The normalized spacial score (nSPS) is 18.3. The molecule has 0 unspecified atom stereocenters. The van der Waals surface area contributed by atoms with Gasteiger partial charge in [-0.05, 0) is 54.8 Å². The minimum atomic E-state index is -4.26. The van der Waals surface area contributed by atoms with Gasteiger partial charge in [0.1, 0.15) is 10.7 Å². The summed E-state index contributed by atoms with van der Waals surface area (Å²) in [7, 11) is -2.81. The van der Waals surface area contributed by atoms with Gasteiger partial charge in [0.2, 0.25) is 9.84 Å². The zero-order valence-corrected chi connectivity index (χ0v) is 19.6. The number of benzene rings is 3. The van der Waals surface area contributed by atoms with E-state index in [9.17, 15) is 23.3 Å². The lowest BCUT2D eigenvalue weighted by molar-refractivity contribution is -0.384. The van der Waals surface area contributed by atoms with E-state index in [1.54, 1.807) is 36.4 Å². The molecule has 174 valence electrons. The van der Waals surface area contributed by atoms with Crippen LogP contribution in [-0.2, 0) is 14.6 Å². The summed E-state index contributed by atoms with van der Waals surface area (Å²) in [6.45, 7) is 3.69. The zero-order chi connectivity index (χ0) is 24.6. The molecule has 0 aliphatic carbocycles. The number of aryl methyl sites for hydroxylation is 2. The predicted molar refractivity (Wildman–Crippen MR) is 129 cm³/mol. The van der Waals surface area contributed by atoms with E-state index in [1.165, 1.54) is 42.4 Å². The summed E-state index contributed by atoms with van der Waals surface area (Å²) in [6.07, 6.45) is 1.30. The summed E-state index contributed by atoms with van der Waals surface area (Å²) in [6, 6.07) is 17.5. The van der Waals surface area contributed by atoms with Gasteiger partial charge in [0.25, 0.3) is 11.6 Å². The fourth-order valence-corrected chi connectivity index (χ4v) is 6.01. The number of nitro benzene ring substituents is 1. The van der Waals surface area contributed by atoms with Crippen LogP contribution in [0, 0.1) is 24.0 Å². The number of carbonyl (C=O) groups excluding carboxylic acids is 1. The smallest absolute Gasteiger partial charge is 0.271 e. The van der Waals surface area contributed by atoms with E-state index in [0.29, 0.717) is 17.0 Å². The fraction of sp³-hybridized carbons (Fsp3) is 0.160. The first-order valence-corrected chi connectivity index (χ1v) is 11.9. The van der Waals surface area contributed by atoms with Gasteiger partial charge in [-0.25, -0.2) is 8.42 Å². The first-order valence-electron chi connectivity index (χ1n) is 10.4. The van der Waals surface area contributed by atoms with Crippen molar-refractivity contribution in [3.63, 3.8) is 0 Å². The van der Waals surface area contributed by atoms with Crippen LogP contribution in [0.4, 0.5) is 11.4 Å². The van der Waals surface area contributed by atoms with E-state index in [2.05, 4.69) is 0 Å². The van der Waals surface area contributed by atoms with Crippen LogP contribution in [0.2, 0.25) is 0 Å². The van der Waals surface area contributed by atoms with Crippen molar-refractivity contribution in [1.82, 2.24) is 0 Å².